The van der Waals surface area contributed by atoms with E-state index in [0.29, 0.717) is 28.4 Å². The second-order valence-electron chi connectivity index (χ2n) is 5.69. The lowest BCUT2D eigenvalue weighted by molar-refractivity contribution is -0.139. The number of para-hydroxylation sites is 1. The van der Waals surface area contributed by atoms with Crippen molar-refractivity contribution in [3.05, 3.63) is 41.1 Å². The summed E-state index contributed by atoms with van der Waals surface area (Å²) in [5, 5.41) is 6.58. The van der Waals surface area contributed by atoms with Crippen LogP contribution in [0.3, 0.4) is 0 Å². The van der Waals surface area contributed by atoms with Crippen molar-refractivity contribution in [2.24, 2.45) is 5.73 Å². The SMILES string of the molecule is CCCC1=C(C(=O)OCC)C(c2ccccc2OCC(N)=O)NC(=S)N1. The van der Waals surface area contributed by atoms with Crippen LogP contribution in [0, 0.1) is 0 Å². The van der Waals surface area contributed by atoms with Crippen LogP contribution < -0.4 is 21.1 Å². The number of rotatable bonds is 8. The molecule has 7 nitrogen and oxygen atoms in total. The van der Waals surface area contributed by atoms with Gasteiger partial charge >= 0.3 is 5.97 Å². The Labute approximate surface area is 157 Å². The number of nitrogens with one attached hydrogen (secondary N) is 2. The van der Waals surface area contributed by atoms with E-state index < -0.39 is 17.9 Å². The van der Waals surface area contributed by atoms with E-state index in [1.54, 1.807) is 19.1 Å². The van der Waals surface area contributed by atoms with E-state index >= 15 is 0 Å². The summed E-state index contributed by atoms with van der Waals surface area (Å²) < 4.78 is 10.8. The molecule has 0 radical (unpaired) electrons. The third-order valence-electron chi connectivity index (χ3n) is 3.75. The van der Waals surface area contributed by atoms with Crippen LogP contribution >= 0.6 is 12.2 Å². The highest BCUT2D eigenvalue weighted by Crippen LogP contribution is 2.34. The Balaban J connectivity index is 2.50. The van der Waals surface area contributed by atoms with Crippen molar-refractivity contribution in [1.29, 1.82) is 0 Å². The van der Waals surface area contributed by atoms with Gasteiger partial charge in [-0.2, -0.15) is 0 Å². The molecule has 8 heteroatoms. The third kappa shape index (κ3) is 4.72. The van der Waals surface area contributed by atoms with Gasteiger partial charge in [0.1, 0.15) is 5.75 Å². The molecule has 0 fully saturated rings. The molecule has 0 spiro atoms. The van der Waals surface area contributed by atoms with Gasteiger partial charge in [0.15, 0.2) is 11.7 Å². The number of hydrogen-bond acceptors (Lipinski definition) is 5. The van der Waals surface area contributed by atoms with Gasteiger partial charge in [0.25, 0.3) is 5.91 Å². The summed E-state index contributed by atoms with van der Waals surface area (Å²) in [6.45, 7) is 3.78. The number of ether oxygens (including phenoxy) is 2. The Bertz CT molecular complexity index is 733. The first-order valence-corrected chi connectivity index (χ1v) is 8.86. The lowest BCUT2D eigenvalue weighted by Crippen LogP contribution is -2.46. The van der Waals surface area contributed by atoms with Gasteiger partial charge in [-0.05, 0) is 31.6 Å². The van der Waals surface area contributed by atoms with E-state index in [1.165, 1.54) is 0 Å². The smallest absolute Gasteiger partial charge is 0.338 e. The van der Waals surface area contributed by atoms with Crippen LogP contribution in [-0.4, -0.2) is 30.2 Å². The van der Waals surface area contributed by atoms with E-state index in [0.717, 1.165) is 12.1 Å². The summed E-state index contributed by atoms with van der Waals surface area (Å²) in [6, 6.07) is 6.58. The standard InChI is InChI=1S/C18H23N3O4S/c1-3-7-12-15(17(23)24-4-2)16(21-18(26)20-12)11-8-5-6-9-13(11)25-10-14(19)22/h5-6,8-9,16H,3-4,7,10H2,1-2H3,(H2,19,22)(H2,20,21,26). The Hall–Kier alpha value is -2.61. The molecule has 2 rings (SSSR count). The van der Waals surface area contributed by atoms with Gasteiger partial charge in [0.05, 0.1) is 18.2 Å². The molecular formula is C18H23N3O4S. The molecule has 26 heavy (non-hydrogen) atoms. The first-order chi connectivity index (χ1) is 12.5. The normalized spacial score (nSPS) is 16.5. The minimum atomic E-state index is -0.582. The molecule has 1 unspecified atom stereocenters. The maximum atomic E-state index is 12.6. The largest absolute Gasteiger partial charge is 0.483 e. The van der Waals surface area contributed by atoms with Gasteiger partial charge in [0.2, 0.25) is 0 Å². The van der Waals surface area contributed by atoms with Crippen molar-refractivity contribution in [2.75, 3.05) is 13.2 Å². The number of allylic oxidation sites excluding steroid dienone is 1. The van der Waals surface area contributed by atoms with Crippen molar-refractivity contribution in [2.45, 2.75) is 32.7 Å². The number of benzene rings is 1. The summed E-state index contributed by atoms with van der Waals surface area (Å²) in [4.78, 5) is 23.7. The zero-order chi connectivity index (χ0) is 19.1. The van der Waals surface area contributed by atoms with Crippen molar-refractivity contribution in [1.82, 2.24) is 10.6 Å². The summed E-state index contributed by atoms with van der Waals surface area (Å²) >= 11 is 5.30. The number of esters is 1. The average Bonchev–Trinajstić information content (AvgIpc) is 2.60. The molecule has 0 bridgehead atoms. The van der Waals surface area contributed by atoms with Crippen LogP contribution in [0.4, 0.5) is 0 Å². The van der Waals surface area contributed by atoms with Gasteiger partial charge in [-0.25, -0.2) is 4.79 Å². The third-order valence-corrected chi connectivity index (χ3v) is 3.97. The molecule has 1 atom stereocenters. The number of thiocarbonyl (C=S) groups is 1. The Morgan fingerprint density at radius 2 is 2.00 bits per heavy atom. The lowest BCUT2D eigenvalue weighted by atomic mass is 9.93. The van der Waals surface area contributed by atoms with Crippen molar-refractivity contribution < 1.29 is 19.1 Å². The quantitative estimate of drug-likeness (QED) is 0.468. The Morgan fingerprint density at radius 1 is 1.27 bits per heavy atom. The molecule has 140 valence electrons. The minimum absolute atomic E-state index is 0.257. The number of nitrogens with two attached hydrogens (primary N) is 1. The fraction of sp³-hybridized carbons (Fsp3) is 0.389. The highest BCUT2D eigenvalue weighted by Gasteiger charge is 2.33. The number of carbonyl (C=O) groups excluding carboxylic acids is 2. The van der Waals surface area contributed by atoms with E-state index in [2.05, 4.69) is 10.6 Å². The lowest BCUT2D eigenvalue weighted by Gasteiger charge is -2.31. The minimum Gasteiger partial charge on any atom is -0.483 e. The molecule has 1 heterocycles. The molecular weight excluding hydrogens is 354 g/mol. The maximum Gasteiger partial charge on any atom is 0.338 e. The van der Waals surface area contributed by atoms with Crippen LogP contribution in [0.5, 0.6) is 5.75 Å². The van der Waals surface area contributed by atoms with Gasteiger partial charge in [-0.1, -0.05) is 31.5 Å². The first-order valence-electron chi connectivity index (χ1n) is 8.45. The molecule has 1 aliphatic heterocycles. The highest BCUT2D eigenvalue weighted by atomic mass is 32.1. The molecule has 0 aromatic heterocycles. The molecule has 1 aromatic carbocycles. The first kappa shape index (κ1) is 19.7. The van der Waals surface area contributed by atoms with Crippen LogP contribution in [0.15, 0.2) is 35.5 Å². The van der Waals surface area contributed by atoms with Gasteiger partial charge in [-0.3, -0.25) is 4.79 Å². The summed E-state index contributed by atoms with van der Waals surface area (Å²) in [5.41, 5.74) is 7.03. The predicted octanol–water partition coefficient (Wildman–Crippen LogP) is 1.69. The average molecular weight is 377 g/mol. The van der Waals surface area contributed by atoms with Crippen LogP contribution in [0.1, 0.15) is 38.3 Å². The van der Waals surface area contributed by atoms with E-state index in [9.17, 15) is 9.59 Å². The van der Waals surface area contributed by atoms with Crippen molar-refractivity contribution >= 4 is 29.2 Å². The zero-order valence-corrected chi connectivity index (χ0v) is 15.7. The van der Waals surface area contributed by atoms with Crippen molar-refractivity contribution in [3.63, 3.8) is 0 Å². The molecule has 1 amide bonds. The molecule has 4 N–H and O–H groups in total. The number of amides is 1. The summed E-state index contributed by atoms with van der Waals surface area (Å²) in [6.07, 6.45) is 1.48. The maximum absolute atomic E-state index is 12.6. The Morgan fingerprint density at radius 3 is 2.65 bits per heavy atom. The Kier molecular flexibility index (Phi) is 6.97. The monoisotopic (exact) mass is 377 g/mol. The number of hydrogen-bond donors (Lipinski definition) is 3. The number of carbonyl (C=O) groups is 2. The van der Waals surface area contributed by atoms with Crippen LogP contribution in [-0.2, 0) is 14.3 Å². The van der Waals surface area contributed by atoms with E-state index in [1.807, 2.05) is 19.1 Å². The molecule has 1 aromatic rings. The predicted molar refractivity (Wildman–Crippen MR) is 101 cm³/mol. The fourth-order valence-electron chi connectivity index (χ4n) is 2.75. The molecule has 0 saturated heterocycles. The van der Waals surface area contributed by atoms with Crippen LogP contribution in [0.25, 0.3) is 0 Å². The van der Waals surface area contributed by atoms with E-state index in [4.69, 9.17) is 27.4 Å². The van der Waals surface area contributed by atoms with E-state index in [-0.39, 0.29) is 13.2 Å². The van der Waals surface area contributed by atoms with Gasteiger partial charge in [-0.15, -0.1) is 0 Å². The molecule has 1 aliphatic rings. The summed E-state index contributed by atoms with van der Waals surface area (Å²) in [5.74, 6) is -0.555. The second kappa shape index (κ2) is 9.19. The van der Waals surface area contributed by atoms with Gasteiger partial charge < -0.3 is 25.8 Å². The van der Waals surface area contributed by atoms with Crippen LogP contribution in [0.2, 0.25) is 0 Å². The number of primary amides is 1. The topological polar surface area (TPSA) is 103 Å². The zero-order valence-electron chi connectivity index (χ0n) is 14.8. The molecule has 0 aliphatic carbocycles. The second-order valence-corrected chi connectivity index (χ2v) is 6.10. The molecule has 0 saturated carbocycles. The van der Waals surface area contributed by atoms with Gasteiger partial charge in [0, 0.05) is 11.3 Å². The highest BCUT2D eigenvalue weighted by molar-refractivity contribution is 7.80. The summed E-state index contributed by atoms with van der Waals surface area (Å²) in [7, 11) is 0. The van der Waals surface area contributed by atoms with Crippen molar-refractivity contribution in [3.8, 4) is 5.75 Å². The fourth-order valence-corrected chi connectivity index (χ4v) is 2.99.